The van der Waals surface area contributed by atoms with E-state index in [2.05, 4.69) is 18.7 Å². The van der Waals surface area contributed by atoms with Crippen molar-refractivity contribution in [2.75, 3.05) is 18.0 Å². The predicted octanol–water partition coefficient (Wildman–Crippen LogP) is 0.887. The number of carbonyl (C=O) groups excluding carboxylic acids is 2. The lowest BCUT2D eigenvalue weighted by Crippen LogP contribution is -2.25. The van der Waals surface area contributed by atoms with E-state index in [0.29, 0.717) is 5.56 Å². The topological polar surface area (TPSA) is 89.4 Å². The van der Waals surface area contributed by atoms with Gasteiger partial charge in [-0.15, -0.1) is 0 Å². The third-order valence-electron chi connectivity index (χ3n) is 2.86. The summed E-state index contributed by atoms with van der Waals surface area (Å²) in [6, 6.07) is 7.50. The zero-order valence-electron chi connectivity index (χ0n) is 11.2. The minimum atomic E-state index is -0.819. The average Bonchev–Trinajstić information content (AvgIpc) is 2.38. The van der Waals surface area contributed by atoms with Crippen molar-refractivity contribution in [3.63, 3.8) is 0 Å². The quantitative estimate of drug-likeness (QED) is 0.452. The molecule has 0 saturated carbocycles. The molecule has 0 aliphatic rings. The van der Waals surface area contributed by atoms with E-state index in [1.807, 2.05) is 24.3 Å². The summed E-state index contributed by atoms with van der Waals surface area (Å²) >= 11 is 0. The maximum absolute atomic E-state index is 11.1. The highest BCUT2D eigenvalue weighted by Crippen LogP contribution is 2.16. The molecule has 5 nitrogen and oxygen atoms in total. The second kappa shape index (κ2) is 6.58. The van der Waals surface area contributed by atoms with Gasteiger partial charge in [0.1, 0.15) is 5.57 Å². The van der Waals surface area contributed by atoms with Crippen LogP contribution in [0.5, 0.6) is 0 Å². The van der Waals surface area contributed by atoms with Crippen LogP contribution in [0.4, 0.5) is 5.69 Å². The van der Waals surface area contributed by atoms with Crippen LogP contribution < -0.4 is 16.4 Å². The van der Waals surface area contributed by atoms with E-state index in [1.54, 1.807) is 0 Å². The van der Waals surface area contributed by atoms with Crippen LogP contribution >= 0.6 is 0 Å². The van der Waals surface area contributed by atoms with Crippen LogP contribution in [-0.4, -0.2) is 24.9 Å². The molecule has 0 saturated heterocycles. The van der Waals surface area contributed by atoms with E-state index in [1.165, 1.54) is 6.08 Å². The molecule has 0 heterocycles. The van der Waals surface area contributed by atoms with Crippen molar-refractivity contribution in [2.45, 2.75) is 13.8 Å². The number of amides is 2. The molecule has 0 bridgehead atoms. The average molecular weight is 261 g/mol. The van der Waals surface area contributed by atoms with Crippen molar-refractivity contribution in [1.29, 1.82) is 0 Å². The monoisotopic (exact) mass is 261 g/mol. The van der Waals surface area contributed by atoms with Gasteiger partial charge in [-0.05, 0) is 37.6 Å². The van der Waals surface area contributed by atoms with Crippen molar-refractivity contribution < 1.29 is 9.59 Å². The SMILES string of the molecule is CCN(CC)c1ccc(C=C(C(N)=O)C(N)=O)cc1. The van der Waals surface area contributed by atoms with Crippen LogP contribution in [0.2, 0.25) is 0 Å². The lowest BCUT2D eigenvalue weighted by molar-refractivity contribution is -0.120. The van der Waals surface area contributed by atoms with Gasteiger partial charge >= 0.3 is 0 Å². The first-order valence-corrected chi connectivity index (χ1v) is 6.15. The van der Waals surface area contributed by atoms with E-state index in [-0.39, 0.29) is 5.57 Å². The second-order valence-electron chi connectivity index (χ2n) is 4.05. The molecule has 0 aliphatic carbocycles. The molecule has 102 valence electrons. The maximum Gasteiger partial charge on any atom is 0.254 e. The highest BCUT2D eigenvalue weighted by Gasteiger charge is 2.11. The summed E-state index contributed by atoms with van der Waals surface area (Å²) in [7, 11) is 0. The first-order chi connectivity index (χ1) is 8.99. The Balaban J connectivity index is 3.02. The number of nitrogens with two attached hydrogens (primary N) is 2. The Morgan fingerprint density at radius 1 is 1.05 bits per heavy atom. The minimum absolute atomic E-state index is 0.199. The molecule has 1 aromatic carbocycles. The van der Waals surface area contributed by atoms with Crippen molar-refractivity contribution in [3.8, 4) is 0 Å². The number of anilines is 1. The van der Waals surface area contributed by atoms with Crippen molar-refractivity contribution in [2.24, 2.45) is 11.5 Å². The van der Waals surface area contributed by atoms with Crippen LogP contribution in [0.25, 0.3) is 6.08 Å². The Kier molecular flexibility index (Phi) is 5.11. The third kappa shape index (κ3) is 3.84. The second-order valence-corrected chi connectivity index (χ2v) is 4.05. The summed E-state index contributed by atoms with van der Waals surface area (Å²) in [6.07, 6.45) is 1.40. The predicted molar refractivity (Wildman–Crippen MR) is 76.4 cm³/mol. The van der Waals surface area contributed by atoms with Gasteiger partial charge in [-0.25, -0.2) is 0 Å². The fourth-order valence-electron chi connectivity index (χ4n) is 1.80. The Morgan fingerprint density at radius 2 is 1.53 bits per heavy atom. The summed E-state index contributed by atoms with van der Waals surface area (Å²) < 4.78 is 0. The van der Waals surface area contributed by atoms with Gasteiger partial charge in [-0.1, -0.05) is 12.1 Å². The van der Waals surface area contributed by atoms with Gasteiger partial charge in [0.25, 0.3) is 11.8 Å². The molecule has 0 unspecified atom stereocenters. The molecule has 0 fully saturated rings. The maximum atomic E-state index is 11.1. The molecule has 1 aromatic rings. The van der Waals surface area contributed by atoms with Crippen molar-refractivity contribution in [3.05, 3.63) is 35.4 Å². The van der Waals surface area contributed by atoms with Gasteiger partial charge in [0, 0.05) is 18.8 Å². The molecule has 0 aliphatic heterocycles. The Morgan fingerprint density at radius 3 is 1.89 bits per heavy atom. The largest absolute Gasteiger partial charge is 0.372 e. The van der Waals surface area contributed by atoms with Gasteiger partial charge in [0.05, 0.1) is 0 Å². The number of primary amides is 2. The summed E-state index contributed by atoms with van der Waals surface area (Å²) in [6.45, 7) is 5.99. The van der Waals surface area contributed by atoms with E-state index >= 15 is 0 Å². The van der Waals surface area contributed by atoms with Gasteiger partial charge in [0.15, 0.2) is 0 Å². The van der Waals surface area contributed by atoms with Gasteiger partial charge in [0.2, 0.25) is 0 Å². The molecule has 5 heteroatoms. The highest BCUT2D eigenvalue weighted by molar-refractivity contribution is 6.20. The number of nitrogens with zero attached hydrogens (tertiary/aromatic N) is 1. The van der Waals surface area contributed by atoms with Crippen LogP contribution in [-0.2, 0) is 9.59 Å². The standard InChI is InChI=1S/C14H19N3O2/c1-3-17(4-2)11-7-5-10(6-8-11)9-12(13(15)18)14(16)19/h5-9H,3-4H2,1-2H3,(H2,15,18)(H2,16,19). The number of hydrogen-bond acceptors (Lipinski definition) is 3. The van der Waals surface area contributed by atoms with Gasteiger partial charge in [-0.3, -0.25) is 9.59 Å². The van der Waals surface area contributed by atoms with Crippen molar-refractivity contribution in [1.82, 2.24) is 0 Å². The molecule has 4 N–H and O–H groups in total. The zero-order chi connectivity index (χ0) is 14.4. The van der Waals surface area contributed by atoms with Crippen molar-refractivity contribution >= 4 is 23.6 Å². The van der Waals surface area contributed by atoms with Crippen LogP contribution in [0.3, 0.4) is 0 Å². The molecule has 2 amide bonds. The molecule has 0 spiro atoms. The first-order valence-electron chi connectivity index (χ1n) is 6.15. The van der Waals surface area contributed by atoms with Crippen LogP contribution in [0, 0.1) is 0 Å². The first kappa shape index (κ1) is 14.8. The van der Waals surface area contributed by atoms with E-state index < -0.39 is 11.8 Å². The molecule has 0 atom stereocenters. The van der Waals surface area contributed by atoms with E-state index in [0.717, 1.165) is 18.8 Å². The summed E-state index contributed by atoms with van der Waals surface area (Å²) in [5, 5.41) is 0. The number of hydrogen-bond donors (Lipinski definition) is 2. The highest BCUT2D eigenvalue weighted by atomic mass is 16.2. The summed E-state index contributed by atoms with van der Waals surface area (Å²) in [4.78, 5) is 24.3. The third-order valence-corrected chi connectivity index (χ3v) is 2.86. The Hall–Kier alpha value is -2.30. The molecule has 0 aromatic heterocycles. The molecular formula is C14H19N3O2. The molecular weight excluding hydrogens is 242 g/mol. The fraction of sp³-hybridized carbons (Fsp3) is 0.286. The molecule has 19 heavy (non-hydrogen) atoms. The summed E-state index contributed by atoms with van der Waals surface area (Å²) in [5.74, 6) is -1.64. The van der Waals surface area contributed by atoms with Crippen LogP contribution in [0.15, 0.2) is 29.8 Å². The number of rotatable bonds is 6. The lowest BCUT2D eigenvalue weighted by Gasteiger charge is -2.20. The Labute approximate surface area is 112 Å². The van der Waals surface area contributed by atoms with Gasteiger partial charge in [-0.2, -0.15) is 0 Å². The molecule has 0 radical (unpaired) electrons. The zero-order valence-corrected chi connectivity index (χ0v) is 11.2. The van der Waals surface area contributed by atoms with Crippen LogP contribution in [0.1, 0.15) is 19.4 Å². The minimum Gasteiger partial charge on any atom is -0.372 e. The Bertz CT molecular complexity index is 472. The van der Waals surface area contributed by atoms with E-state index in [4.69, 9.17) is 11.5 Å². The molecule has 1 rings (SSSR count). The normalized spacial score (nSPS) is 9.79. The fourth-order valence-corrected chi connectivity index (χ4v) is 1.80. The lowest BCUT2D eigenvalue weighted by atomic mass is 10.1. The summed E-state index contributed by atoms with van der Waals surface area (Å²) in [5.41, 5.74) is 11.8. The van der Waals surface area contributed by atoms with Gasteiger partial charge < -0.3 is 16.4 Å². The smallest absolute Gasteiger partial charge is 0.254 e. The number of benzene rings is 1. The van der Waals surface area contributed by atoms with E-state index in [9.17, 15) is 9.59 Å². The number of carbonyl (C=O) groups is 2.